The summed E-state index contributed by atoms with van der Waals surface area (Å²) < 4.78 is 35.6. The minimum atomic E-state index is -0.696. The number of hydrogen-bond acceptors (Lipinski definition) is 7. The number of benzene rings is 3. The second-order valence-electron chi connectivity index (χ2n) is 11.4. The van der Waals surface area contributed by atoms with Gasteiger partial charge >= 0.3 is 0 Å². The summed E-state index contributed by atoms with van der Waals surface area (Å²) in [5.74, 6) is -0.101. The number of methoxy groups -OCH3 is 1. The highest BCUT2D eigenvalue weighted by molar-refractivity contribution is 6.05. The van der Waals surface area contributed by atoms with Crippen LogP contribution in [0.1, 0.15) is 36.8 Å². The molecule has 46 heavy (non-hydrogen) atoms. The third-order valence-electron chi connectivity index (χ3n) is 7.80. The largest absolute Gasteiger partial charge is 0.497 e. The van der Waals surface area contributed by atoms with E-state index in [9.17, 15) is 9.59 Å². The molecule has 5 rings (SSSR count). The predicted octanol–water partition coefficient (Wildman–Crippen LogP) is 6.08. The Kier molecular flexibility index (Phi) is 9.84. The van der Waals surface area contributed by atoms with Gasteiger partial charge in [-0.15, -0.1) is 0 Å². The van der Waals surface area contributed by atoms with Crippen molar-refractivity contribution in [2.75, 3.05) is 19.0 Å². The molecule has 2 aromatic heterocycles. The van der Waals surface area contributed by atoms with Crippen LogP contribution in [0.5, 0.6) is 17.2 Å². The van der Waals surface area contributed by atoms with Crippen molar-refractivity contribution in [3.05, 3.63) is 106 Å². The summed E-state index contributed by atoms with van der Waals surface area (Å²) in [6.07, 6.45) is 1.26. The van der Waals surface area contributed by atoms with Crippen molar-refractivity contribution in [2.24, 2.45) is 11.7 Å². The molecule has 0 saturated carbocycles. The molecule has 0 fully saturated rings. The van der Waals surface area contributed by atoms with Crippen LogP contribution in [0.4, 0.5) is 10.1 Å². The van der Waals surface area contributed by atoms with Crippen LogP contribution in [0.15, 0.2) is 83.8 Å². The Morgan fingerprint density at radius 1 is 1.02 bits per heavy atom. The first kappa shape index (κ1) is 32.4. The van der Waals surface area contributed by atoms with Gasteiger partial charge in [0.25, 0.3) is 11.5 Å². The first-order valence-electron chi connectivity index (χ1n) is 15.0. The molecule has 10 nitrogen and oxygen atoms in total. The average molecular weight is 628 g/mol. The lowest BCUT2D eigenvalue weighted by molar-refractivity contribution is 0.0348. The van der Waals surface area contributed by atoms with Gasteiger partial charge in [0, 0.05) is 35.4 Å². The van der Waals surface area contributed by atoms with E-state index in [1.54, 1.807) is 61.3 Å². The highest BCUT2D eigenvalue weighted by Crippen LogP contribution is 2.33. The molecular weight excluding hydrogens is 589 g/mol. The van der Waals surface area contributed by atoms with Gasteiger partial charge in [0.2, 0.25) is 0 Å². The van der Waals surface area contributed by atoms with E-state index in [0.29, 0.717) is 46.9 Å². The van der Waals surface area contributed by atoms with Crippen molar-refractivity contribution < 1.29 is 23.4 Å². The summed E-state index contributed by atoms with van der Waals surface area (Å²) in [7, 11) is 1.56. The number of nitrogens with one attached hydrogen (secondary N) is 1. The van der Waals surface area contributed by atoms with Crippen LogP contribution in [-0.4, -0.2) is 46.1 Å². The summed E-state index contributed by atoms with van der Waals surface area (Å²) in [4.78, 5) is 31.6. The SMILES string of the molecule is COc1ccc2c(Oc3ccc(NC(=O)c4c(C)n(CC(C)OCC(N)C(C)C)n(-c5ccccc5)c4=O)cc3F)ccnc2c1. The predicted molar refractivity (Wildman–Crippen MR) is 176 cm³/mol. The van der Waals surface area contributed by atoms with Crippen LogP contribution >= 0.6 is 0 Å². The van der Waals surface area contributed by atoms with Gasteiger partial charge in [0.1, 0.15) is 17.1 Å². The van der Waals surface area contributed by atoms with Gasteiger partial charge < -0.3 is 25.3 Å². The molecule has 3 N–H and O–H groups in total. The van der Waals surface area contributed by atoms with E-state index >= 15 is 4.39 Å². The molecule has 0 aliphatic heterocycles. The van der Waals surface area contributed by atoms with E-state index < -0.39 is 17.3 Å². The van der Waals surface area contributed by atoms with Crippen molar-refractivity contribution >= 4 is 22.5 Å². The van der Waals surface area contributed by atoms with Crippen molar-refractivity contribution in [1.82, 2.24) is 14.3 Å². The van der Waals surface area contributed by atoms with Gasteiger partial charge in [-0.05, 0) is 62.2 Å². The topological polar surface area (TPSA) is 123 Å². The molecule has 240 valence electrons. The zero-order chi connectivity index (χ0) is 33.0. The van der Waals surface area contributed by atoms with E-state index in [2.05, 4.69) is 10.3 Å². The number of halogens is 1. The van der Waals surface area contributed by atoms with E-state index in [-0.39, 0.29) is 35.1 Å². The molecule has 0 bridgehead atoms. The number of aromatic nitrogens is 3. The maximum atomic E-state index is 15.3. The molecule has 2 atom stereocenters. The third-order valence-corrected chi connectivity index (χ3v) is 7.80. The Labute approximate surface area is 266 Å². The minimum absolute atomic E-state index is 0.0405. The van der Waals surface area contributed by atoms with E-state index in [1.165, 1.54) is 16.8 Å². The summed E-state index contributed by atoms with van der Waals surface area (Å²) in [5, 5.41) is 3.36. The summed E-state index contributed by atoms with van der Waals surface area (Å²) in [6.45, 7) is 8.31. The normalized spacial score (nSPS) is 12.7. The first-order valence-corrected chi connectivity index (χ1v) is 15.0. The fourth-order valence-electron chi connectivity index (χ4n) is 5.01. The Balaban J connectivity index is 1.39. The van der Waals surface area contributed by atoms with Gasteiger partial charge in [-0.25, -0.2) is 9.07 Å². The average Bonchev–Trinajstić information content (AvgIpc) is 3.29. The minimum Gasteiger partial charge on any atom is -0.497 e. The number of amides is 1. The Hall–Kier alpha value is -5.00. The Morgan fingerprint density at radius 3 is 2.48 bits per heavy atom. The molecule has 0 radical (unpaired) electrons. The molecule has 0 spiro atoms. The summed E-state index contributed by atoms with van der Waals surface area (Å²) >= 11 is 0. The van der Waals surface area contributed by atoms with Crippen LogP contribution in [0.3, 0.4) is 0 Å². The van der Waals surface area contributed by atoms with Gasteiger partial charge in [0.15, 0.2) is 11.6 Å². The zero-order valence-electron chi connectivity index (χ0n) is 26.5. The van der Waals surface area contributed by atoms with Crippen LogP contribution in [0.25, 0.3) is 16.6 Å². The van der Waals surface area contributed by atoms with Gasteiger partial charge in [-0.2, -0.15) is 0 Å². The van der Waals surface area contributed by atoms with Gasteiger partial charge in [0.05, 0.1) is 43.3 Å². The molecule has 3 aromatic carbocycles. The number of hydrogen-bond donors (Lipinski definition) is 2. The quantitative estimate of drug-likeness (QED) is 0.172. The molecule has 5 aromatic rings. The van der Waals surface area contributed by atoms with Crippen LogP contribution in [0, 0.1) is 18.7 Å². The molecular formula is C35H38FN5O5. The van der Waals surface area contributed by atoms with Crippen molar-refractivity contribution in [2.45, 2.75) is 46.4 Å². The number of para-hydroxylation sites is 1. The van der Waals surface area contributed by atoms with Crippen LogP contribution in [-0.2, 0) is 11.3 Å². The standard InChI is InChI=1S/C35H38FN5O5/c1-21(2)29(37)20-45-22(3)19-40-23(4)33(35(43)41(40)25-9-7-6-8-10-25)34(42)39-24-11-14-32(28(36)17-24)46-31-15-16-38-30-18-26(44-5)12-13-27(30)31/h6-18,21-22,29H,19-20,37H2,1-5H3,(H,39,42). The van der Waals surface area contributed by atoms with E-state index in [4.69, 9.17) is 19.9 Å². The molecule has 2 heterocycles. The van der Waals surface area contributed by atoms with Crippen molar-refractivity contribution in [3.8, 4) is 22.9 Å². The van der Waals surface area contributed by atoms with Gasteiger partial charge in [-0.1, -0.05) is 32.0 Å². The number of rotatable bonds is 12. The highest BCUT2D eigenvalue weighted by Gasteiger charge is 2.25. The molecule has 0 saturated heterocycles. The van der Waals surface area contributed by atoms with Crippen LogP contribution < -0.4 is 26.1 Å². The first-order chi connectivity index (χ1) is 22.1. The number of fused-ring (bicyclic) bond motifs is 1. The number of pyridine rings is 1. The molecule has 0 aliphatic rings. The molecule has 11 heteroatoms. The van der Waals surface area contributed by atoms with E-state index in [0.717, 1.165) is 6.07 Å². The third kappa shape index (κ3) is 6.95. The number of nitrogens with two attached hydrogens (primary N) is 1. The number of carbonyl (C=O) groups excluding carboxylic acids is 1. The Bertz CT molecular complexity index is 1900. The summed E-state index contributed by atoms with van der Waals surface area (Å²) in [6, 6.07) is 19.9. The fourth-order valence-corrected chi connectivity index (χ4v) is 5.01. The maximum absolute atomic E-state index is 15.3. The number of carbonyl (C=O) groups is 1. The van der Waals surface area contributed by atoms with E-state index in [1.807, 2.05) is 39.0 Å². The zero-order valence-corrected chi connectivity index (χ0v) is 26.5. The number of ether oxygens (including phenoxy) is 3. The lowest BCUT2D eigenvalue weighted by Crippen LogP contribution is -2.35. The fraction of sp³-hybridized carbons (Fsp3) is 0.286. The number of nitrogens with zero attached hydrogens (tertiary/aromatic N) is 3. The second-order valence-corrected chi connectivity index (χ2v) is 11.4. The lowest BCUT2D eigenvalue weighted by atomic mass is 10.1. The highest BCUT2D eigenvalue weighted by atomic mass is 19.1. The molecule has 2 unspecified atom stereocenters. The van der Waals surface area contributed by atoms with Crippen molar-refractivity contribution in [1.29, 1.82) is 0 Å². The monoisotopic (exact) mass is 627 g/mol. The Morgan fingerprint density at radius 2 is 1.78 bits per heavy atom. The van der Waals surface area contributed by atoms with Crippen LogP contribution in [0.2, 0.25) is 0 Å². The lowest BCUT2D eigenvalue weighted by Gasteiger charge is -2.22. The molecule has 1 amide bonds. The smallest absolute Gasteiger partial charge is 0.284 e. The number of anilines is 1. The maximum Gasteiger partial charge on any atom is 0.284 e. The van der Waals surface area contributed by atoms with Crippen molar-refractivity contribution in [3.63, 3.8) is 0 Å². The van der Waals surface area contributed by atoms with Gasteiger partial charge in [-0.3, -0.25) is 19.3 Å². The summed E-state index contributed by atoms with van der Waals surface area (Å²) in [5.41, 5.74) is 7.42. The molecule has 0 aliphatic carbocycles. The second kappa shape index (κ2) is 14.0.